The lowest BCUT2D eigenvalue weighted by atomic mass is 10.1. The summed E-state index contributed by atoms with van der Waals surface area (Å²) in [4.78, 5) is 0. The van der Waals surface area contributed by atoms with E-state index in [1.807, 2.05) is 48.5 Å². The van der Waals surface area contributed by atoms with E-state index in [1.165, 1.54) is 0 Å². The van der Waals surface area contributed by atoms with Crippen molar-refractivity contribution in [3.63, 3.8) is 0 Å². The number of hydrogen-bond donors (Lipinski definition) is 2. The highest BCUT2D eigenvalue weighted by molar-refractivity contribution is 9.10. The molecule has 2 aromatic carbocycles. The van der Waals surface area contributed by atoms with Gasteiger partial charge >= 0.3 is 0 Å². The second kappa shape index (κ2) is 7.09. The Kier molecular flexibility index (Phi) is 5.16. The van der Waals surface area contributed by atoms with Crippen LogP contribution in [0, 0.1) is 11.3 Å². The minimum atomic E-state index is -0.126. The number of nitrogens with zero attached hydrogens (tertiary/aromatic N) is 1. The standard InChI is InChI=1S/C16H15BrN2O/c17-15-7-4-8-16(14(15)10-18)19-13(11-20)9-12-5-2-1-3-6-12/h1-8,13,19-20H,9,11H2. The van der Waals surface area contributed by atoms with Crippen LogP contribution in [0.2, 0.25) is 0 Å². The molecule has 2 rings (SSSR count). The third-order valence-electron chi connectivity index (χ3n) is 3.03. The van der Waals surface area contributed by atoms with Crippen LogP contribution in [0.4, 0.5) is 5.69 Å². The maximum absolute atomic E-state index is 9.52. The first-order chi connectivity index (χ1) is 9.74. The smallest absolute Gasteiger partial charge is 0.103 e. The van der Waals surface area contributed by atoms with Gasteiger partial charge in [-0.3, -0.25) is 0 Å². The molecule has 0 amide bonds. The van der Waals surface area contributed by atoms with Crippen molar-refractivity contribution < 1.29 is 5.11 Å². The molecule has 0 aliphatic heterocycles. The molecule has 0 aliphatic carbocycles. The molecule has 0 aromatic heterocycles. The lowest BCUT2D eigenvalue weighted by Crippen LogP contribution is -2.26. The highest BCUT2D eigenvalue weighted by Crippen LogP contribution is 2.24. The van der Waals surface area contributed by atoms with E-state index in [2.05, 4.69) is 27.3 Å². The maximum Gasteiger partial charge on any atom is 0.103 e. The van der Waals surface area contributed by atoms with Crippen molar-refractivity contribution in [1.82, 2.24) is 0 Å². The van der Waals surface area contributed by atoms with Gasteiger partial charge in [-0.15, -0.1) is 0 Å². The lowest BCUT2D eigenvalue weighted by Gasteiger charge is -2.19. The third kappa shape index (κ3) is 3.60. The molecule has 4 heteroatoms. The Morgan fingerprint density at radius 1 is 1.15 bits per heavy atom. The summed E-state index contributed by atoms with van der Waals surface area (Å²) in [5.74, 6) is 0. The zero-order valence-electron chi connectivity index (χ0n) is 10.9. The lowest BCUT2D eigenvalue weighted by molar-refractivity contribution is 0.273. The first kappa shape index (κ1) is 14.6. The molecule has 0 fully saturated rings. The van der Waals surface area contributed by atoms with Crippen molar-refractivity contribution in [2.45, 2.75) is 12.5 Å². The predicted molar refractivity (Wildman–Crippen MR) is 83.5 cm³/mol. The fourth-order valence-corrected chi connectivity index (χ4v) is 2.49. The summed E-state index contributed by atoms with van der Waals surface area (Å²) in [5.41, 5.74) is 2.43. The number of aliphatic hydroxyl groups is 1. The van der Waals surface area contributed by atoms with Crippen molar-refractivity contribution in [1.29, 1.82) is 5.26 Å². The predicted octanol–water partition coefficient (Wildman–Crippen LogP) is 3.34. The van der Waals surface area contributed by atoms with Crippen LogP contribution in [0.1, 0.15) is 11.1 Å². The zero-order chi connectivity index (χ0) is 14.4. The summed E-state index contributed by atoms with van der Waals surface area (Å²) in [5, 5.41) is 22.0. The molecule has 2 aromatic rings. The molecule has 0 saturated heterocycles. The minimum absolute atomic E-state index is 0.00623. The molecule has 0 spiro atoms. The Morgan fingerprint density at radius 2 is 1.90 bits per heavy atom. The Labute approximate surface area is 127 Å². The molecule has 102 valence electrons. The van der Waals surface area contributed by atoms with Gasteiger partial charge in [-0.05, 0) is 40.0 Å². The molecular formula is C16H15BrN2O. The van der Waals surface area contributed by atoms with Crippen LogP contribution in [0.25, 0.3) is 0 Å². The summed E-state index contributed by atoms with van der Waals surface area (Å²) in [6, 6.07) is 17.5. The monoisotopic (exact) mass is 330 g/mol. The van der Waals surface area contributed by atoms with Crippen LogP contribution < -0.4 is 5.32 Å². The van der Waals surface area contributed by atoms with E-state index < -0.39 is 0 Å². The number of hydrogen-bond acceptors (Lipinski definition) is 3. The second-order valence-corrected chi connectivity index (χ2v) is 5.34. The van der Waals surface area contributed by atoms with Gasteiger partial charge in [0.2, 0.25) is 0 Å². The van der Waals surface area contributed by atoms with Gasteiger partial charge in [0.25, 0.3) is 0 Å². The van der Waals surface area contributed by atoms with E-state index in [1.54, 1.807) is 0 Å². The van der Waals surface area contributed by atoms with Gasteiger partial charge in [-0.25, -0.2) is 0 Å². The summed E-state index contributed by atoms with van der Waals surface area (Å²) >= 11 is 3.36. The number of nitrogens with one attached hydrogen (secondary N) is 1. The number of anilines is 1. The summed E-state index contributed by atoms with van der Waals surface area (Å²) < 4.78 is 0.751. The SMILES string of the molecule is N#Cc1c(Br)cccc1NC(CO)Cc1ccccc1. The fourth-order valence-electron chi connectivity index (χ4n) is 2.04. The number of rotatable bonds is 5. The van der Waals surface area contributed by atoms with Crippen molar-refractivity contribution in [2.24, 2.45) is 0 Å². The quantitative estimate of drug-likeness (QED) is 0.884. The molecule has 2 N–H and O–H groups in total. The van der Waals surface area contributed by atoms with Crippen LogP contribution in [-0.4, -0.2) is 17.8 Å². The Hall–Kier alpha value is -1.83. The molecular weight excluding hydrogens is 316 g/mol. The van der Waals surface area contributed by atoms with Gasteiger partial charge in [-0.1, -0.05) is 36.4 Å². The fraction of sp³-hybridized carbons (Fsp3) is 0.188. The highest BCUT2D eigenvalue weighted by Gasteiger charge is 2.12. The molecule has 0 radical (unpaired) electrons. The van der Waals surface area contributed by atoms with E-state index >= 15 is 0 Å². The number of aliphatic hydroxyl groups excluding tert-OH is 1. The molecule has 0 heterocycles. The maximum atomic E-state index is 9.52. The van der Waals surface area contributed by atoms with E-state index in [4.69, 9.17) is 0 Å². The number of halogens is 1. The van der Waals surface area contributed by atoms with Crippen molar-refractivity contribution in [3.05, 3.63) is 64.1 Å². The summed E-state index contributed by atoms with van der Waals surface area (Å²) in [6.45, 7) is 0.00623. The van der Waals surface area contributed by atoms with Gasteiger partial charge in [0.05, 0.1) is 23.9 Å². The Balaban J connectivity index is 2.15. The highest BCUT2D eigenvalue weighted by atomic mass is 79.9. The van der Waals surface area contributed by atoms with Gasteiger partial charge in [0, 0.05) is 4.47 Å². The molecule has 1 atom stereocenters. The summed E-state index contributed by atoms with van der Waals surface area (Å²) in [7, 11) is 0. The molecule has 1 unspecified atom stereocenters. The van der Waals surface area contributed by atoms with E-state index in [0.29, 0.717) is 12.0 Å². The normalized spacial score (nSPS) is 11.7. The van der Waals surface area contributed by atoms with Crippen LogP contribution in [0.5, 0.6) is 0 Å². The van der Waals surface area contributed by atoms with Crippen molar-refractivity contribution in [3.8, 4) is 6.07 Å². The number of nitriles is 1. The van der Waals surface area contributed by atoms with E-state index in [0.717, 1.165) is 15.7 Å². The molecule has 3 nitrogen and oxygen atoms in total. The average molecular weight is 331 g/mol. The van der Waals surface area contributed by atoms with Crippen molar-refractivity contribution >= 4 is 21.6 Å². The first-order valence-corrected chi connectivity index (χ1v) is 7.14. The molecule has 0 aliphatic rings. The van der Waals surface area contributed by atoms with Gasteiger partial charge in [0.15, 0.2) is 0 Å². The van der Waals surface area contributed by atoms with E-state index in [-0.39, 0.29) is 12.6 Å². The molecule has 20 heavy (non-hydrogen) atoms. The Bertz CT molecular complexity index is 608. The van der Waals surface area contributed by atoms with Gasteiger partial charge in [-0.2, -0.15) is 5.26 Å². The third-order valence-corrected chi connectivity index (χ3v) is 3.69. The topological polar surface area (TPSA) is 56.0 Å². The largest absolute Gasteiger partial charge is 0.394 e. The van der Waals surface area contributed by atoms with Crippen molar-refractivity contribution in [2.75, 3.05) is 11.9 Å². The molecule has 0 saturated carbocycles. The minimum Gasteiger partial charge on any atom is -0.394 e. The molecule has 0 bridgehead atoms. The first-order valence-electron chi connectivity index (χ1n) is 6.34. The van der Waals surface area contributed by atoms with Crippen LogP contribution in [0.15, 0.2) is 53.0 Å². The summed E-state index contributed by atoms with van der Waals surface area (Å²) in [6.07, 6.45) is 0.703. The van der Waals surface area contributed by atoms with Crippen LogP contribution in [-0.2, 0) is 6.42 Å². The second-order valence-electron chi connectivity index (χ2n) is 4.49. The van der Waals surface area contributed by atoms with Gasteiger partial charge in [0.1, 0.15) is 6.07 Å². The average Bonchev–Trinajstić information content (AvgIpc) is 2.48. The van der Waals surface area contributed by atoms with Crippen LogP contribution >= 0.6 is 15.9 Å². The van der Waals surface area contributed by atoms with Gasteiger partial charge < -0.3 is 10.4 Å². The Morgan fingerprint density at radius 3 is 2.55 bits per heavy atom. The van der Waals surface area contributed by atoms with E-state index in [9.17, 15) is 10.4 Å². The van der Waals surface area contributed by atoms with Crippen LogP contribution in [0.3, 0.4) is 0 Å². The zero-order valence-corrected chi connectivity index (χ0v) is 12.5. The number of benzene rings is 2.